The highest BCUT2D eigenvalue weighted by molar-refractivity contribution is 5.65. The molecule has 18 heavy (non-hydrogen) atoms. The Kier molecular flexibility index (Phi) is 4.15. The molecule has 0 atom stereocenters. The van der Waals surface area contributed by atoms with Gasteiger partial charge < -0.3 is 11.1 Å². The first-order chi connectivity index (χ1) is 8.61. The van der Waals surface area contributed by atoms with Gasteiger partial charge in [0.05, 0.1) is 11.4 Å². The standard InChI is InChI=1S/C16H26N2/c1-13(2)11-16(9-5-6-10-16)12-18-15-8-4-3-7-14(15)17/h3-4,7-8,13,18H,5-6,9-12,17H2,1-2H3. The molecule has 0 heterocycles. The Morgan fingerprint density at radius 1 is 1.22 bits per heavy atom. The van der Waals surface area contributed by atoms with Gasteiger partial charge in [-0.15, -0.1) is 0 Å². The first-order valence-corrected chi connectivity index (χ1v) is 7.20. The number of hydrogen-bond donors (Lipinski definition) is 2. The van der Waals surface area contributed by atoms with Crippen LogP contribution >= 0.6 is 0 Å². The summed E-state index contributed by atoms with van der Waals surface area (Å²) in [5.74, 6) is 0.776. The summed E-state index contributed by atoms with van der Waals surface area (Å²) in [4.78, 5) is 0. The molecule has 100 valence electrons. The fraction of sp³-hybridized carbons (Fsp3) is 0.625. The predicted octanol–water partition coefficient (Wildman–Crippen LogP) is 4.29. The van der Waals surface area contributed by atoms with Crippen molar-refractivity contribution < 1.29 is 0 Å². The number of benzene rings is 1. The molecule has 0 amide bonds. The topological polar surface area (TPSA) is 38.0 Å². The average molecular weight is 246 g/mol. The first kappa shape index (κ1) is 13.3. The van der Waals surface area contributed by atoms with Gasteiger partial charge in [0.15, 0.2) is 0 Å². The third kappa shape index (κ3) is 3.18. The normalized spacial score (nSPS) is 18.2. The number of nitrogens with two attached hydrogens (primary N) is 1. The Bertz CT molecular complexity index is 378. The summed E-state index contributed by atoms with van der Waals surface area (Å²) < 4.78 is 0. The van der Waals surface area contributed by atoms with Crippen LogP contribution in [0.4, 0.5) is 11.4 Å². The van der Waals surface area contributed by atoms with Crippen LogP contribution in [0.15, 0.2) is 24.3 Å². The third-order valence-corrected chi connectivity index (χ3v) is 4.12. The highest BCUT2D eigenvalue weighted by Gasteiger charge is 2.34. The average Bonchev–Trinajstić information content (AvgIpc) is 2.76. The molecule has 0 aromatic heterocycles. The summed E-state index contributed by atoms with van der Waals surface area (Å²) in [5, 5.41) is 3.58. The zero-order chi connectivity index (χ0) is 13.0. The fourth-order valence-corrected chi connectivity index (χ4v) is 3.38. The Morgan fingerprint density at radius 2 is 1.89 bits per heavy atom. The summed E-state index contributed by atoms with van der Waals surface area (Å²) in [5.41, 5.74) is 8.43. The molecule has 0 unspecified atom stereocenters. The van der Waals surface area contributed by atoms with E-state index in [-0.39, 0.29) is 0 Å². The van der Waals surface area contributed by atoms with E-state index in [0.29, 0.717) is 5.41 Å². The van der Waals surface area contributed by atoms with Crippen molar-refractivity contribution in [3.8, 4) is 0 Å². The maximum Gasteiger partial charge on any atom is 0.0574 e. The van der Waals surface area contributed by atoms with E-state index in [1.165, 1.54) is 32.1 Å². The van der Waals surface area contributed by atoms with Crippen molar-refractivity contribution in [3.05, 3.63) is 24.3 Å². The second kappa shape index (κ2) is 5.64. The minimum absolute atomic E-state index is 0.496. The van der Waals surface area contributed by atoms with Crippen molar-refractivity contribution in [2.75, 3.05) is 17.6 Å². The Labute approximate surface area is 111 Å². The molecule has 0 aliphatic heterocycles. The number of hydrogen-bond acceptors (Lipinski definition) is 2. The second-order valence-electron chi connectivity index (χ2n) is 6.25. The largest absolute Gasteiger partial charge is 0.397 e. The lowest BCUT2D eigenvalue weighted by molar-refractivity contribution is 0.252. The maximum atomic E-state index is 5.99. The monoisotopic (exact) mass is 246 g/mol. The molecular weight excluding hydrogens is 220 g/mol. The molecule has 0 spiro atoms. The van der Waals surface area contributed by atoms with Crippen LogP contribution in [0.1, 0.15) is 46.0 Å². The quantitative estimate of drug-likeness (QED) is 0.761. The van der Waals surface area contributed by atoms with E-state index in [0.717, 1.165) is 23.8 Å². The number of nitrogen functional groups attached to an aromatic ring is 1. The van der Waals surface area contributed by atoms with Gasteiger partial charge in [0.25, 0.3) is 0 Å². The Balaban J connectivity index is 2.00. The maximum absolute atomic E-state index is 5.99. The second-order valence-corrected chi connectivity index (χ2v) is 6.25. The fourth-order valence-electron chi connectivity index (χ4n) is 3.38. The molecule has 2 nitrogen and oxygen atoms in total. The van der Waals surface area contributed by atoms with Crippen molar-refractivity contribution in [3.63, 3.8) is 0 Å². The number of nitrogens with one attached hydrogen (secondary N) is 1. The lowest BCUT2D eigenvalue weighted by Gasteiger charge is -2.31. The molecule has 0 saturated heterocycles. The molecule has 3 N–H and O–H groups in total. The van der Waals surface area contributed by atoms with Crippen LogP contribution in [0.25, 0.3) is 0 Å². The Hall–Kier alpha value is -1.18. The lowest BCUT2D eigenvalue weighted by Crippen LogP contribution is -2.28. The number of rotatable bonds is 5. The van der Waals surface area contributed by atoms with E-state index in [1.54, 1.807) is 0 Å². The van der Waals surface area contributed by atoms with Gasteiger partial charge in [0, 0.05) is 6.54 Å². The van der Waals surface area contributed by atoms with Gasteiger partial charge in [-0.05, 0) is 42.7 Å². The summed E-state index contributed by atoms with van der Waals surface area (Å²) in [6, 6.07) is 8.07. The molecule has 0 radical (unpaired) electrons. The molecule has 1 fully saturated rings. The van der Waals surface area contributed by atoms with Gasteiger partial charge >= 0.3 is 0 Å². The van der Waals surface area contributed by atoms with Crippen LogP contribution in [-0.4, -0.2) is 6.54 Å². The van der Waals surface area contributed by atoms with E-state index in [4.69, 9.17) is 5.73 Å². The van der Waals surface area contributed by atoms with Gasteiger partial charge in [0.2, 0.25) is 0 Å². The van der Waals surface area contributed by atoms with Crippen molar-refractivity contribution >= 4 is 11.4 Å². The van der Waals surface area contributed by atoms with E-state index >= 15 is 0 Å². The molecule has 2 heteroatoms. The first-order valence-electron chi connectivity index (χ1n) is 7.20. The summed E-state index contributed by atoms with van der Waals surface area (Å²) in [6.45, 7) is 5.73. The smallest absolute Gasteiger partial charge is 0.0574 e. The Morgan fingerprint density at radius 3 is 2.50 bits per heavy atom. The van der Waals surface area contributed by atoms with Crippen molar-refractivity contribution in [2.45, 2.75) is 46.0 Å². The zero-order valence-electron chi connectivity index (χ0n) is 11.7. The van der Waals surface area contributed by atoms with E-state index in [9.17, 15) is 0 Å². The van der Waals surface area contributed by atoms with Crippen LogP contribution in [0, 0.1) is 11.3 Å². The minimum atomic E-state index is 0.496. The third-order valence-electron chi connectivity index (χ3n) is 4.12. The molecule has 1 saturated carbocycles. The van der Waals surface area contributed by atoms with Gasteiger partial charge in [-0.1, -0.05) is 38.8 Å². The van der Waals surface area contributed by atoms with Crippen molar-refractivity contribution in [1.29, 1.82) is 0 Å². The van der Waals surface area contributed by atoms with Crippen molar-refractivity contribution in [2.24, 2.45) is 11.3 Å². The number of para-hydroxylation sites is 2. The van der Waals surface area contributed by atoms with Crippen LogP contribution in [0.5, 0.6) is 0 Å². The molecule has 2 rings (SSSR count). The van der Waals surface area contributed by atoms with E-state index < -0.39 is 0 Å². The summed E-state index contributed by atoms with van der Waals surface area (Å²) in [7, 11) is 0. The van der Waals surface area contributed by atoms with Gasteiger partial charge in [-0.25, -0.2) is 0 Å². The number of anilines is 2. The predicted molar refractivity (Wildman–Crippen MR) is 79.7 cm³/mol. The molecule has 1 aliphatic carbocycles. The van der Waals surface area contributed by atoms with Gasteiger partial charge in [-0.2, -0.15) is 0 Å². The van der Waals surface area contributed by atoms with Gasteiger partial charge in [-0.3, -0.25) is 0 Å². The highest BCUT2D eigenvalue weighted by Crippen LogP contribution is 2.43. The van der Waals surface area contributed by atoms with Crippen LogP contribution in [0.3, 0.4) is 0 Å². The molecule has 1 aromatic carbocycles. The molecular formula is C16H26N2. The van der Waals surface area contributed by atoms with Crippen LogP contribution < -0.4 is 11.1 Å². The SMILES string of the molecule is CC(C)CC1(CNc2ccccc2N)CCCC1. The van der Waals surface area contributed by atoms with Gasteiger partial charge in [0.1, 0.15) is 0 Å². The zero-order valence-corrected chi connectivity index (χ0v) is 11.7. The molecule has 1 aromatic rings. The minimum Gasteiger partial charge on any atom is -0.397 e. The molecule has 0 bridgehead atoms. The van der Waals surface area contributed by atoms with Crippen LogP contribution in [0.2, 0.25) is 0 Å². The van der Waals surface area contributed by atoms with E-state index in [2.05, 4.69) is 25.2 Å². The van der Waals surface area contributed by atoms with Crippen molar-refractivity contribution in [1.82, 2.24) is 0 Å². The molecule has 1 aliphatic rings. The summed E-state index contributed by atoms with van der Waals surface area (Å²) in [6.07, 6.45) is 6.83. The highest BCUT2D eigenvalue weighted by atomic mass is 14.9. The lowest BCUT2D eigenvalue weighted by atomic mass is 9.78. The van der Waals surface area contributed by atoms with E-state index in [1.807, 2.05) is 18.2 Å². The summed E-state index contributed by atoms with van der Waals surface area (Å²) >= 11 is 0. The van der Waals surface area contributed by atoms with Crippen LogP contribution in [-0.2, 0) is 0 Å².